The summed E-state index contributed by atoms with van der Waals surface area (Å²) in [7, 11) is 0. The number of rotatable bonds is 3. The molecule has 0 unspecified atom stereocenters. The van der Waals surface area contributed by atoms with Gasteiger partial charge in [-0.3, -0.25) is 4.98 Å². The number of ether oxygens (including phenoxy) is 2. The minimum Gasteiger partial charge on any atom is -0.458 e. The van der Waals surface area contributed by atoms with Gasteiger partial charge in [0.2, 0.25) is 0 Å². The standard InChI is InChI=1S/C16H11NO4.2ClH/c18-15(11-4-3-8-17-10-11)20-9-7-14-12-5-1-2-6-13(12)16(19)21-14;;/h1-8,10H,9H2;2*1H/b14-7+;;. The number of halogens is 2. The lowest BCUT2D eigenvalue weighted by molar-refractivity contribution is 0.0548. The minimum absolute atomic E-state index is 0. The van der Waals surface area contributed by atoms with Gasteiger partial charge in [-0.15, -0.1) is 24.8 Å². The molecule has 1 aromatic carbocycles. The van der Waals surface area contributed by atoms with Crippen molar-refractivity contribution in [2.24, 2.45) is 0 Å². The van der Waals surface area contributed by atoms with Crippen molar-refractivity contribution in [1.82, 2.24) is 4.98 Å². The highest BCUT2D eigenvalue weighted by molar-refractivity contribution is 6.02. The average Bonchev–Trinajstić information content (AvgIpc) is 2.85. The van der Waals surface area contributed by atoms with E-state index in [1.165, 1.54) is 6.20 Å². The maximum absolute atomic E-state index is 11.7. The van der Waals surface area contributed by atoms with Gasteiger partial charge >= 0.3 is 11.9 Å². The van der Waals surface area contributed by atoms with E-state index in [2.05, 4.69) is 4.98 Å². The molecule has 0 spiro atoms. The zero-order chi connectivity index (χ0) is 14.7. The third-order valence-electron chi connectivity index (χ3n) is 3.00. The molecule has 0 saturated heterocycles. The van der Waals surface area contributed by atoms with Gasteiger partial charge in [0.15, 0.2) is 0 Å². The fourth-order valence-corrected chi connectivity index (χ4v) is 2.00. The van der Waals surface area contributed by atoms with Crippen LogP contribution < -0.4 is 0 Å². The second kappa shape index (κ2) is 8.31. The molecule has 0 radical (unpaired) electrons. The second-order valence-electron chi connectivity index (χ2n) is 4.34. The summed E-state index contributed by atoms with van der Waals surface area (Å²) in [5.41, 5.74) is 1.60. The molecule has 0 saturated carbocycles. The number of carbonyl (C=O) groups excluding carboxylic acids is 2. The van der Waals surface area contributed by atoms with Gasteiger partial charge in [0, 0.05) is 18.0 Å². The Morgan fingerprint density at radius 3 is 2.57 bits per heavy atom. The van der Waals surface area contributed by atoms with Crippen LogP contribution in [-0.4, -0.2) is 23.5 Å². The zero-order valence-electron chi connectivity index (χ0n) is 11.8. The van der Waals surface area contributed by atoms with E-state index in [1.807, 2.05) is 6.07 Å². The molecule has 1 aliphatic rings. The van der Waals surface area contributed by atoms with E-state index in [9.17, 15) is 9.59 Å². The molecule has 0 bridgehead atoms. The lowest BCUT2D eigenvalue weighted by Crippen LogP contribution is -2.05. The smallest absolute Gasteiger partial charge is 0.344 e. The molecule has 7 heteroatoms. The number of esters is 2. The van der Waals surface area contributed by atoms with Crippen molar-refractivity contribution < 1.29 is 19.1 Å². The maximum atomic E-state index is 11.7. The molecule has 0 N–H and O–H groups in total. The van der Waals surface area contributed by atoms with Crippen LogP contribution >= 0.6 is 24.8 Å². The van der Waals surface area contributed by atoms with Crippen molar-refractivity contribution in [1.29, 1.82) is 0 Å². The minimum atomic E-state index is -0.474. The summed E-state index contributed by atoms with van der Waals surface area (Å²) < 4.78 is 10.2. The largest absolute Gasteiger partial charge is 0.458 e. The normalized spacial score (nSPS) is 13.4. The molecule has 0 atom stereocenters. The van der Waals surface area contributed by atoms with Crippen LogP contribution in [0, 0.1) is 0 Å². The molecule has 0 amide bonds. The Hall–Kier alpha value is -2.37. The zero-order valence-corrected chi connectivity index (χ0v) is 13.4. The van der Waals surface area contributed by atoms with Crippen molar-refractivity contribution in [3.63, 3.8) is 0 Å². The molecule has 5 nitrogen and oxygen atoms in total. The van der Waals surface area contributed by atoms with E-state index in [0.29, 0.717) is 22.4 Å². The van der Waals surface area contributed by atoms with Crippen LogP contribution in [0.25, 0.3) is 5.76 Å². The maximum Gasteiger partial charge on any atom is 0.344 e. The van der Waals surface area contributed by atoms with Crippen molar-refractivity contribution in [3.05, 3.63) is 71.6 Å². The molecule has 2 aromatic rings. The fraction of sp³-hybridized carbons (Fsp3) is 0.0625. The van der Waals surface area contributed by atoms with E-state index >= 15 is 0 Å². The van der Waals surface area contributed by atoms with Gasteiger partial charge in [-0.1, -0.05) is 18.2 Å². The number of pyridine rings is 1. The monoisotopic (exact) mass is 353 g/mol. The van der Waals surface area contributed by atoms with Gasteiger partial charge in [-0.05, 0) is 24.3 Å². The highest BCUT2D eigenvalue weighted by Gasteiger charge is 2.25. The summed E-state index contributed by atoms with van der Waals surface area (Å²) in [6.45, 7) is 0.0185. The van der Waals surface area contributed by atoms with Crippen LogP contribution in [0.4, 0.5) is 0 Å². The Morgan fingerprint density at radius 2 is 1.87 bits per heavy atom. The summed E-state index contributed by atoms with van der Waals surface area (Å²) >= 11 is 0. The molecule has 0 fully saturated rings. The highest BCUT2D eigenvalue weighted by atomic mass is 35.5. The summed E-state index contributed by atoms with van der Waals surface area (Å²) in [4.78, 5) is 27.2. The molecule has 3 rings (SSSR count). The predicted molar refractivity (Wildman–Crippen MR) is 88.9 cm³/mol. The van der Waals surface area contributed by atoms with Crippen LogP contribution in [0.15, 0.2) is 54.9 Å². The molecule has 1 aromatic heterocycles. The molecular formula is C16H13Cl2NO4. The van der Waals surface area contributed by atoms with Crippen LogP contribution in [0.2, 0.25) is 0 Å². The van der Waals surface area contributed by atoms with Gasteiger partial charge in [0.05, 0.1) is 11.1 Å². The molecule has 1 aliphatic heterocycles. The van der Waals surface area contributed by atoms with Gasteiger partial charge in [-0.25, -0.2) is 9.59 Å². The number of hydrogen-bond donors (Lipinski definition) is 0. The first-order valence-corrected chi connectivity index (χ1v) is 6.34. The molecule has 0 aliphatic carbocycles. The quantitative estimate of drug-likeness (QED) is 0.792. The number of fused-ring (bicyclic) bond motifs is 1. The Labute approximate surface area is 145 Å². The van der Waals surface area contributed by atoms with Gasteiger partial charge in [-0.2, -0.15) is 0 Å². The van der Waals surface area contributed by atoms with Gasteiger partial charge in [0.25, 0.3) is 0 Å². The van der Waals surface area contributed by atoms with E-state index in [1.54, 1.807) is 42.6 Å². The highest BCUT2D eigenvalue weighted by Crippen LogP contribution is 2.28. The number of hydrogen-bond acceptors (Lipinski definition) is 5. The van der Waals surface area contributed by atoms with E-state index in [-0.39, 0.29) is 31.4 Å². The van der Waals surface area contributed by atoms with Crippen molar-refractivity contribution in [2.75, 3.05) is 6.61 Å². The Morgan fingerprint density at radius 1 is 1.13 bits per heavy atom. The first-order chi connectivity index (χ1) is 10.3. The first-order valence-electron chi connectivity index (χ1n) is 6.34. The lowest BCUT2D eigenvalue weighted by Gasteiger charge is -2.02. The topological polar surface area (TPSA) is 65.5 Å². The lowest BCUT2D eigenvalue weighted by atomic mass is 10.1. The third-order valence-corrected chi connectivity index (χ3v) is 3.00. The van der Waals surface area contributed by atoms with Crippen molar-refractivity contribution in [2.45, 2.75) is 0 Å². The number of cyclic esters (lactones) is 1. The predicted octanol–water partition coefficient (Wildman–Crippen LogP) is 3.29. The van der Waals surface area contributed by atoms with Gasteiger partial charge in [0.1, 0.15) is 12.4 Å². The van der Waals surface area contributed by atoms with Crippen molar-refractivity contribution >= 4 is 42.5 Å². The first kappa shape index (κ1) is 18.7. The molecular weight excluding hydrogens is 341 g/mol. The van der Waals surface area contributed by atoms with Crippen LogP contribution in [0.1, 0.15) is 26.3 Å². The molecule has 2 heterocycles. The average molecular weight is 354 g/mol. The van der Waals surface area contributed by atoms with E-state index in [4.69, 9.17) is 9.47 Å². The summed E-state index contributed by atoms with van der Waals surface area (Å²) in [6, 6.07) is 10.3. The number of nitrogens with zero attached hydrogens (tertiary/aromatic N) is 1. The van der Waals surface area contributed by atoms with E-state index < -0.39 is 11.9 Å². The Balaban J connectivity index is 0.00000132. The van der Waals surface area contributed by atoms with E-state index in [0.717, 1.165) is 0 Å². The summed E-state index contributed by atoms with van der Waals surface area (Å²) in [5, 5.41) is 0. The number of benzene rings is 1. The number of aromatic nitrogens is 1. The molecule has 120 valence electrons. The van der Waals surface area contributed by atoms with Crippen molar-refractivity contribution in [3.8, 4) is 0 Å². The third kappa shape index (κ3) is 4.09. The Kier molecular flexibility index (Phi) is 6.75. The van der Waals surface area contributed by atoms with Crippen LogP contribution in [0.5, 0.6) is 0 Å². The van der Waals surface area contributed by atoms with Crippen LogP contribution in [0.3, 0.4) is 0 Å². The molecule has 23 heavy (non-hydrogen) atoms. The fourth-order valence-electron chi connectivity index (χ4n) is 2.00. The number of carbonyl (C=O) groups is 2. The Bertz CT molecular complexity index is 732. The van der Waals surface area contributed by atoms with Crippen LogP contribution in [-0.2, 0) is 9.47 Å². The second-order valence-corrected chi connectivity index (χ2v) is 4.34. The SMILES string of the molecule is Cl.Cl.O=C(OC/C=C1/OC(=O)c2ccccc21)c1cccnc1. The summed E-state index contributed by atoms with van der Waals surface area (Å²) in [5.74, 6) is -0.456. The van der Waals surface area contributed by atoms with Gasteiger partial charge < -0.3 is 9.47 Å². The summed E-state index contributed by atoms with van der Waals surface area (Å²) in [6.07, 6.45) is 4.58.